The number of carbonyl (C=O) groups is 1. The molecular formula is C18H22N2O. The third kappa shape index (κ3) is 3.44. The molecule has 0 aromatic heterocycles. The summed E-state index contributed by atoms with van der Waals surface area (Å²) >= 11 is 0. The van der Waals surface area contributed by atoms with Crippen molar-refractivity contribution < 1.29 is 4.79 Å². The maximum Gasteiger partial charge on any atom is 0.227 e. The summed E-state index contributed by atoms with van der Waals surface area (Å²) in [5, 5.41) is 8.73. The summed E-state index contributed by atoms with van der Waals surface area (Å²) in [6.07, 6.45) is 8.00. The van der Waals surface area contributed by atoms with Gasteiger partial charge in [-0.05, 0) is 55.2 Å². The molecule has 110 valence electrons. The normalized spacial score (nSPS) is 16.9. The van der Waals surface area contributed by atoms with E-state index in [0.29, 0.717) is 25.4 Å². The van der Waals surface area contributed by atoms with Crippen molar-refractivity contribution >= 4 is 5.91 Å². The lowest BCUT2D eigenvalue weighted by molar-refractivity contribution is -0.131. The molecule has 0 spiro atoms. The van der Waals surface area contributed by atoms with E-state index in [1.54, 1.807) is 0 Å². The van der Waals surface area contributed by atoms with E-state index in [4.69, 9.17) is 5.26 Å². The van der Waals surface area contributed by atoms with Gasteiger partial charge in [-0.2, -0.15) is 5.26 Å². The van der Waals surface area contributed by atoms with Crippen LogP contribution < -0.4 is 0 Å². The Kier molecular flexibility index (Phi) is 4.24. The Morgan fingerprint density at radius 3 is 2.71 bits per heavy atom. The first-order chi connectivity index (χ1) is 10.3. The number of rotatable bonds is 5. The fourth-order valence-corrected chi connectivity index (χ4v) is 3.24. The summed E-state index contributed by atoms with van der Waals surface area (Å²) in [4.78, 5) is 14.4. The molecule has 3 nitrogen and oxygen atoms in total. The predicted molar refractivity (Wildman–Crippen MR) is 81.8 cm³/mol. The summed E-state index contributed by atoms with van der Waals surface area (Å²) < 4.78 is 0. The number of hydrogen-bond donors (Lipinski definition) is 0. The topological polar surface area (TPSA) is 44.1 Å². The van der Waals surface area contributed by atoms with Gasteiger partial charge in [0, 0.05) is 12.6 Å². The second-order valence-corrected chi connectivity index (χ2v) is 6.21. The van der Waals surface area contributed by atoms with Gasteiger partial charge in [0.05, 0.1) is 18.9 Å². The van der Waals surface area contributed by atoms with Crippen LogP contribution in [-0.2, 0) is 24.1 Å². The van der Waals surface area contributed by atoms with Crippen LogP contribution in [0.3, 0.4) is 0 Å². The standard InChI is InChI=1S/C18H22N2O/c19-10-3-11-20(17-8-9-17)18(21)13-14-6-7-15-4-1-2-5-16(15)12-14/h6-7,12,17H,1-5,8-9,11,13H2. The van der Waals surface area contributed by atoms with Crippen molar-refractivity contribution in [2.45, 2.75) is 57.4 Å². The van der Waals surface area contributed by atoms with Gasteiger partial charge < -0.3 is 4.90 Å². The number of nitrogens with zero attached hydrogens (tertiary/aromatic N) is 2. The second kappa shape index (κ2) is 6.30. The van der Waals surface area contributed by atoms with E-state index in [1.807, 2.05) is 4.90 Å². The summed E-state index contributed by atoms with van der Waals surface area (Å²) in [6, 6.07) is 9.07. The molecule has 0 unspecified atom stereocenters. The van der Waals surface area contributed by atoms with Crippen LogP contribution in [0.25, 0.3) is 0 Å². The number of amides is 1. The minimum atomic E-state index is 0.184. The minimum Gasteiger partial charge on any atom is -0.338 e. The lowest BCUT2D eigenvalue weighted by atomic mass is 9.90. The molecule has 1 amide bonds. The quantitative estimate of drug-likeness (QED) is 0.833. The lowest BCUT2D eigenvalue weighted by Crippen LogP contribution is -2.35. The van der Waals surface area contributed by atoms with E-state index >= 15 is 0 Å². The van der Waals surface area contributed by atoms with Crippen LogP contribution in [0, 0.1) is 11.3 Å². The molecular weight excluding hydrogens is 260 g/mol. The zero-order chi connectivity index (χ0) is 14.7. The molecule has 0 aliphatic heterocycles. The Morgan fingerprint density at radius 1 is 1.24 bits per heavy atom. The highest BCUT2D eigenvalue weighted by Gasteiger charge is 2.32. The van der Waals surface area contributed by atoms with Gasteiger partial charge in [-0.3, -0.25) is 4.79 Å². The summed E-state index contributed by atoms with van der Waals surface area (Å²) in [5.74, 6) is 0.184. The molecule has 1 aromatic carbocycles. The van der Waals surface area contributed by atoms with Crippen molar-refractivity contribution in [3.05, 3.63) is 34.9 Å². The van der Waals surface area contributed by atoms with Gasteiger partial charge in [0.25, 0.3) is 0 Å². The van der Waals surface area contributed by atoms with E-state index in [1.165, 1.54) is 30.4 Å². The lowest BCUT2D eigenvalue weighted by Gasteiger charge is -2.22. The Hall–Kier alpha value is -1.82. The number of hydrogen-bond acceptors (Lipinski definition) is 2. The molecule has 1 aromatic rings. The molecule has 2 aliphatic rings. The maximum absolute atomic E-state index is 12.5. The first-order valence-electron chi connectivity index (χ1n) is 8.05. The number of carbonyl (C=O) groups excluding carboxylic acids is 1. The van der Waals surface area contributed by atoms with Crippen LogP contribution in [0.4, 0.5) is 0 Å². The Bertz CT molecular complexity index is 569. The molecule has 3 heteroatoms. The maximum atomic E-state index is 12.5. The summed E-state index contributed by atoms with van der Waals surface area (Å²) in [6.45, 7) is 0.588. The Labute approximate surface area is 126 Å². The average molecular weight is 282 g/mol. The Morgan fingerprint density at radius 2 is 2.00 bits per heavy atom. The van der Waals surface area contributed by atoms with Crippen LogP contribution in [0.15, 0.2) is 18.2 Å². The van der Waals surface area contributed by atoms with E-state index < -0.39 is 0 Å². The van der Waals surface area contributed by atoms with E-state index in [2.05, 4.69) is 24.3 Å². The molecule has 3 rings (SSSR count). The van der Waals surface area contributed by atoms with Gasteiger partial charge in [0.2, 0.25) is 5.91 Å². The first kappa shape index (κ1) is 14.1. The SMILES string of the molecule is N#CCCN(C(=O)Cc1ccc2c(c1)CCCC2)C1CC1. The fraction of sp³-hybridized carbons (Fsp3) is 0.556. The molecule has 0 bridgehead atoms. The van der Waals surface area contributed by atoms with E-state index in [9.17, 15) is 4.79 Å². The van der Waals surface area contributed by atoms with Gasteiger partial charge >= 0.3 is 0 Å². The highest BCUT2D eigenvalue weighted by Crippen LogP contribution is 2.28. The number of aryl methyl sites for hydroxylation is 2. The van der Waals surface area contributed by atoms with Gasteiger partial charge in [0.1, 0.15) is 0 Å². The van der Waals surface area contributed by atoms with Gasteiger partial charge in [-0.15, -0.1) is 0 Å². The van der Waals surface area contributed by atoms with Crippen LogP contribution >= 0.6 is 0 Å². The van der Waals surface area contributed by atoms with Crippen molar-refractivity contribution in [1.82, 2.24) is 4.90 Å². The van der Waals surface area contributed by atoms with Crippen LogP contribution in [0.5, 0.6) is 0 Å². The zero-order valence-electron chi connectivity index (χ0n) is 12.5. The van der Waals surface area contributed by atoms with Crippen molar-refractivity contribution in [1.29, 1.82) is 5.26 Å². The number of nitriles is 1. The molecule has 0 N–H and O–H groups in total. The first-order valence-corrected chi connectivity index (χ1v) is 8.05. The smallest absolute Gasteiger partial charge is 0.227 e. The highest BCUT2D eigenvalue weighted by molar-refractivity contribution is 5.79. The number of benzene rings is 1. The van der Waals surface area contributed by atoms with Gasteiger partial charge in [-0.1, -0.05) is 18.2 Å². The zero-order valence-corrected chi connectivity index (χ0v) is 12.5. The largest absolute Gasteiger partial charge is 0.338 e. The van der Waals surface area contributed by atoms with Crippen LogP contribution in [0.1, 0.15) is 48.8 Å². The second-order valence-electron chi connectivity index (χ2n) is 6.21. The molecule has 0 heterocycles. The van der Waals surface area contributed by atoms with E-state index in [-0.39, 0.29) is 5.91 Å². The van der Waals surface area contributed by atoms with E-state index in [0.717, 1.165) is 24.8 Å². The summed E-state index contributed by atoms with van der Waals surface area (Å²) in [5.41, 5.74) is 4.02. The third-order valence-electron chi connectivity index (χ3n) is 4.54. The molecule has 0 atom stereocenters. The van der Waals surface area contributed by atoms with Crippen molar-refractivity contribution in [3.8, 4) is 6.07 Å². The minimum absolute atomic E-state index is 0.184. The van der Waals surface area contributed by atoms with Crippen molar-refractivity contribution in [2.24, 2.45) is 0 Å². The Balaban J connectivity index is 1.67. The highest BCUT2D eigenvalue weighted by atomic mass is 16.2. The summed E-state index contributed by atoms with van der Waals surface area (Å²) in [7, 11) is 0. The third-order valence-corrected chi connectivity index (χ3v) is 4.54. The molecule has 21 heavy (non-hydrogen) atoms. The molecule has 1 fully saturated rings. The molecule has 1 saturated carbocycles. The van der Waals surface area contributed by atoms with Crippen molar-refractivity contribution in [2.75, 3.05) is 6.54 Å². The fourth-order valence-electron chi connectivity index (χ4n) is 3.24. The van der Waals surface area contributed by atoms with Gasteiger partial charge in [0.15, 0.2) is 0 Å². The van der Waals surface area contributed by atoms with Crippen LogP contribution in [0.2, 0.25) is 0 Å². The molecule has 0 radical (unpaired) electrons. The number of fused-ring (bicyclic) bond motifs is 1. The van der Waals surface area contributed by atoms with Gasteiger partial charge in [-0.25, -0.2) is 0 Å². The average Bonchev–Trinajstić information content (AvgIpc) is 3.32. The molecule has 2 aliphatic carbocycles. The monoisotopic (exact) mass is 282 g/mol. The van der Waals surface area contributed by atoms with Crippen molar-refractivity contribution in [3.63, 3.8) is 0 Å². The van der Waals surface area contributed by atoms with Crippen LogP contribution in [-0.4, -0.2) is 23.4 Å². The predicted octanol–water partition coefficient (Wildman–Crippen LogP) is 3.01. The molecule has 0 saturated heterocycles.